The van der Waals surface area contributed by atoms with Crippen molar-refractivity contribution in [1.29, 1.82) is 0 Å². The highest BCUT2D eigenvalue weighted by Gasteiger charge is 2.55. The minimum Gasteiger partial charge on any atom is -0.409 e. The van der Waals surface area contributed by atoms with Gasteiger partial charge in [-0.3, -0.25) is 0 Å². The molecule has 1 aromatic carbocycles. The molecule has 3 rings (SSSR count). The topological polar surface area (TPSA) is 15.3 Å². The number of benzene rings is 1. The zero-order valence-corrected chi connectivity index (χ0v) is 17.4. The molecular weight excluding hydrogens is 315 g/mol. The van der Waals surface area contributed by atoms with Gasteiger partial charge in [0.1, 0.15) is 0 Å². The molecule has 1 aliphatic heterocycles. The van der Waals surface area contributed by atoms with Gasteiger partial charge in [0.15, 0.2) is 0 Å². The number of hydrogen-bond donors (Lipinski definition) is 1. The first-order chi connectivity index (χ1) is 12.6. The molecule has 0 amide bonds. The molecule has 0 fully saturated rings. The fraction of sp³-hybridized carbons (Fsp3) is 0.652. The Morgan fingerprint density at radius 1 is 1.04 bits per heavy atom. The van der Waals surface area contributed by atoms with Gasteiger partial charge < -0.3 is 10.0 Å². The van der Waals surface area contributed by atoms with E-state index in [-0.39, 0.29) is 0 Å². The molecule has 0 atom stereocenters. The molecule has 0 unspecified atom stereocenters. The number of nitrogens with zero attached hydrogens (tertiary/aromatic N) is 1. The van der Waals surface area contributed by atoms with Crippen LogP contribution in [0.3, 0.4) is 0 Å². The van der Waals surface area contributed by atoms with Crippen LogP contribution in [-0.4, -0.2) is 18.3 Å². The van der Waals surface area contributed by atoms with Gasteiger partial charge in [-0.05, 0) is 62.1 Å². The van der Waals surface area contributed by atoms with Gasteiger partial charge in [-0.15, -0.1) is 0 Å². The minimum absolute atomic E-state index is 0.310. The summed E-state index contributed by atoms with van der Waals surface area (Å²) in [4.78, 5) is 2.78. The first-order valence-electron chi connectivity index (χ1n) is 10.9. The molecular formula is C23H37BN2. The van der Waals surface area contributed by atoms with E-state index < -0.39 is 0 Å². The van der Waals surface area contributed by atoms with E-state index in [2.05, 4.69) is 68.1 Å². The molecule has 26 heavy (non-hydrogen) atoms. The summed E-state index contributed by atoms with van der Waals surface area (Å²) in [6.07, 6.45) is 10.5. The van der Waals surface area contributed by atoms with E-state index in [4.69, 9.17) is 0 Å². The third-order valence-electron chi connectivity index (χ3n) is 6.25. The monoisotopic (exact) mass is 352 g/mol. The molecule has 1 aromatic rings. The Hall–Kier alpha value is -1.38. The average Bonchev–Trinajstić information content (AvgIpc) is 2.87. The molecule has 0 saturated carbocycles. The highest BCUT2D eigenvalue weighted by molar-refractivity contribution is 6.65. The maximum atomic E-state index is 4.00. The van der Waals surface area contributed by atoms with Crippen molar-refractivity contribution in [2.45, 2.75) is 84.4 Å². The van der Waals surface area contributed by atoms with Crippen LogP contribution < -0.4 is 5.23 Å². The molecule has 0 spiro atoms. The summed E-state index contributed by atoms with van der Waals surface area (Å²) in [7, 11) is 0. The van der Waals surface area contributed by atoms with Gasteiger partial charge in [-0.1, -0.05) is 58.7 Å². The highest BCUT2D eigenvalue weighted by Crippen LogP contribution is 2.58. The van der Waals surface area contributed by atoms with Crippen molar-refractivity contribution in [3.8, 4) is 0 Å². The second-order valence-corrected chi connectivity index (χ2v) is 8.75. The molecule has 2 aliphatic rings. The van der Waals surface area contributed by atoms with E-state index >= 15 is 0 Å². The van der Waals surface area contributed by atoms with Gasteiger partial charge in [0.05, 0.1) is 0 Å². The molecule has 1 aliphatic carbocycles. The third kappa shape index (κ3) is 3.68. The van der Waals surface area contributed by atoms with E-state index in [1.165, 1.54) is 63.6 Å². The number of nitrogens with one attached hydrogen (secondary N) is 1. The molecule has 0 bridgehead atoms. The second kappa shape index (κ2) is 8.54. The average molecular weight is 352 g/mol. The number of anilines is 1. The van der Waals surface area contributed by atoms with Gasteiger partial charge in [0.2, 0.25) is 0 Å². The Morgan fingerprint density at radius 2 is 1.69 bits per heavy atom. The Balaban J connectivity index is 2.04. The van der Waals surface area contributed by atoms with Crippen LogP contribution in [-0.2, 0) is 0 Å². The lowest BCUT2D eigenvalue weighted by Crippen LogP contribution is -2.50. The quantitative estimate of drug-likeness (QED) is 0.522. The molecule has 0 saturated heterocycles. The number of hydrogen-bond acceptors (Lipinski definition) is 2. The second-order valence-electron chi connectivity index (χ2n) is 8.75. The minimum atomic E-state index is 0.310. The fourth-order valence-corrected chi connectivity index (χ4v) is 5.47. The van der Waals surface area contributed by atoms with Crippen LogP contribution in [0.25, 0.3) is 0 Å². The SMILES string of the molecule is CCCC1(CCC)B(Nc2ccccc2)N(CC(C)C)C2=C1CCCC2. The summed E-state index contributed by atoms with van der Waals surface area (Å²) in [5, 5.41) is 4.31. The van der Waals surface area contributed by atoms with Crippen LogP contribution in [0, 0.1) is 5.92 Å². The zero-order chi connectivity index (χ0) is 18.6. The number of allylic oxidation sites excluding steroid dienone is 2. The smallest absolute Gasteiger partial charge is 0.383 e. The van der Waals surface area contributed by atoms with Crippen molar-refractivity contribution < 1.29 is 0 Å². The predicted octanol–water partition coefficient (Wildman–Crippen LogP) is 6.73. The van der Waals surface area contributed by atoms with Gasteiger partial charge in [0.25, 0.3) is 0 Å². The zero-order valence-electron chi connectivity index (χ0n) is 17.4. The molecule has 0 radical (unpaired) electrons. The Morgan fingerprint density at radius 3 is 2.31 bits per heavy atom. The van der Waals surface area contributed by atoms with Crippen LogP contribution >= 0.6 is 0 Å². The molecule has 1 N–H and O–H groups in total. The molecule has 1 heterocycles. The summed E-state index contributed by atoms with van der Waals surface area (Å²) in [5.74, 6) is 0.685. The Kier molecular flexibility index (Phi) is 6.37. The summed E-state index contributed by atoms with van der Waals surface area (Å²) in [5.41, 5.74) is 4.77. The van der Waals surface area contributed by atoms with Crippen LogP contribution in [0.4, 0.5) is 5.69 Å². The standard InChI is InChI=1S/C23H37BN2/c1-5-16-23(17-6-2)21-14-10-11-15-22(21)26(18-19(3)4)24(23)25-20-12-8-7-9-13-20/h7-9,12-13,19,25H,5-6,10-11,14-18H2,1-4H3. The largest absolute Gasteiger partial charge is 0.409 e. The van der Waals surface area contributed by atoms with Crippen molar-refractivity contribution >= 4 is 12.7 Å². The van der Waals surface area contributed by atoms with Gasteiger partial charge in [-0.2, -0.15) is 0 Å². The first kappa shape index (κ1) is 19.4. The van der Waals surface area contributed by atoms with Gasteiger partial charge in [-0.25, -0.2) is 0 Å². The summed E-state index contributed by atoms with van der Waals surface area (Å²) in [6, 6.07) is 10.9. The van der Waals surface area contributed by atoms with Crippen molar-refractivity contribution in [2.24, 2.45) is 5.92 Å². The predicted molar refractivity (Wildman–Crippen MR) is 115 cm³/mol. The van der Waals surface area contributed by atoms with Crippen molar-refractivity contribution in [2.75, 3.05) is 11.8 Å². The van der Waals surface area contributed by atoms with Crippen LogP contribution in [0.2, 0.25) is 5.31 Å². The Labute approximate surface area is 161 Å². The lowest BCUT2D eigenvalue weighted by Gasteiger charge is -2.39. The number of para-hydroxylation sites is 1. The van der Waals surface area contributed by atoms with Crippen LogP contribution in [0.1, 0.15) is 79.1 Å². The lowest BCUT2D eigenvalue weighted by atomic mass is 9.44. The van der Waals surface area contributed by atoms with E-state index in [1.54, 1.807) is 11.3 Å². The first-order valence-corrected chi connectivity index (χ1v) is 10.9. The molecule has 142 valence electrons. The lowest BCUT2D eigenvalue weighted by molar-refractivity contribution is 0.423. The van der Waals surface area contributed by atoms with Gasteiger partial charge >= 0.3 is 6.98 Å². The molecule has 3 heteroatoms. The summed E-state index contributed by atoms with van der Waals surface area (Å²) >= 11 is 0. The van der Waals surface area contributed by atoms with E-state index in [9.17, 15) is 0 Å². The molecule has 0 aromatic heterocycles. The summed E-state index contributed by atoms with van der Waals surface area (Å²) < 4.78 is 0. The van der Waals surface area contributed by atoms with Crippen LogP contribution in [0.15, 0.2) is 41.6 Å². The Bertz CT molecular complexity index is 602. The summed E-state index contributed by atoms with van der Waals surface area (Å²) in [6.45, 7) is 11.0. The van der Waals surface area contributed by atoms with Crippen molar-refractivity contribution in [3.05, 3.63) is 41.6 Å². The van der Waals surface area contributed by atoms with E-state index in [0.29, 0.717) is 18.2 Å². The van der Waals surface area contributed by atoms with Crippen molar-refractivity contribution in [3.63, 3.8) is 0 Å². The van der Waals surface area contributed by atoms with E-state index in [1.807, 2.05) is 0 Å². The highest BCUT2D eigenvalue weighted by atomic mass is 15.2. The fourth-order valence-electron chi connectivity index (χ4n) is 5.47. The van der Waals surface area contributed by atoms with Crippen molar-refractivity contribution in [1.82, 2.24) is 4.81 Å². The molecule has 2 nitrogen and oxygen atoms in total. The number of rotatable bonds is 8. The van der Waals surface area contributed by atoms with Crippen LogP contribution in [0.5, 0.6) is 0 Å². The maximum absolute atomic E-state index is 4.00. The third-order valence-corrected chi connectivity index (χ3v) is 6.25. The van der Waals surface area contributed by atoms with E-state index in [0.717, 1.165) is 0 Å². The normalized spacial score (nSPS) is 19.3. The maximum Gasteiger partial charge on any atom is 0.383 e. The van der Waals surface area contributed by atoms with Gasteiger partial charge in [0, 0.05) is 23.2 Å².